The monoisotopic (exact) mass is 291 g/mol. The number of fused-ring (bicyclic) bond motifs is 1. The van der Waals surface area contributed by atoms with Crippen molar-refractivity contribution in [2.45, 2.75) is 13.0 Å². The van der Waals surface area contributed by atoms with E-state index in [1.54, 1.807) is 28.7 Å². The maximum Gasteiger partial charge on any atom is 0.124 e. The van der Waals surface area contributed by atoms with Crippen molar-refractivity contribution in [3.05, 3.63) is 56.8 Å². The summed E-state index contributed by atoms with van der Waals surface area (Å²) >= 11 is 3.45. The average molecular weight is 291 g/mol. The van der Waals surface area contributed by atoms with Gasteiger partial charge in [0.1, 0.15) is 5.82 Å². The van der Waals surface area contributed by atoms with Gasteiger partial charge in [0.05, 0.1) is 6.04 Å². The molecule has 1 unspecified atom stereocenters. The lowest BCUT2D eigenvalue weighted by Crippen LogP contribution is -2.14. The van der Waals surface area contributed by atoms with Crippen LogP contribution in [-0.4, -0.2) is 7.05 Å². The standard InChI is InChI=1S/C15H14FNS2/c1-9-3-6-12(18-9)15(17-2)14-7-10-4-5-11(16)8-13(10)19-14/h3-8,15,17H,1-2H3. The van der Waals surface area contributed by atoms with Gasteiger partial charge in [-0.1, -0.05) is 6.07 Å². The first-order chi connectivity index (χ1) is 9.17. The van der Waals surface area contributed by atoms with Gasteiger partial charge in [0, 0.05) is 19.3 Å². The number of halogens is 1. The Morgan fingerprint density at radius 1 is 1.05 bits per heavy atom. The lowest BCUT2D eigenvalue weighted by atomic mass is 10.1. The normalized spacial score (nSPS) is 13.0. The van der Waals surface area contributed by atoms with Crippen LogP contribution in [-0.2, 0) is 0 Å². The van der Waals surface area contributed by atoms with Gasteiger partial charge in [0.15, 0.2) is 0 Å². The SMILES string of the molecule is CNC(c1ccc(C)s1)c1cc2ccc(F)cc2s1. The molecule has 1 nitrogen and oxygen atoms in total. The van der Waals surface area contributed by atoms with Crippen LogP contribution in [0, 0.1) is 12.7 Å². The molecule has 4 heteroatoms. The fraction of sp³-hybridized carbons (Fsp3) is 0.200. The third kappa shape index (κ3) is 2.43. The summed E-state index contributed by atoms with van der Waals surface area (Å²) in [6, 6.07) is 11.6. The maximum atomic E-state index is 13.2. The Bertz CT molecular complexity index is 714. The molecule has 0 aliphatic heterocycles. The van der Waals surface area contributed by atoms with Crippen LogP contribution in [0.3, 0.4) is 0 Å². The molecule has 3 aromatic rings. The molecule has 1 aromatic carbocycles. The van der Waals surface area contributed by atoms with E-state index in [0.717, 1.165) is 10.1 Å². The highest BCUT2D eigenvalue weighted by atomic mass is 32.1. The molecule has 2 heterocycles. The molecule has 98 valence electrons. The zero-order valence-electron chi connectivity index (χ0n) is 10.7. The zero-order chi connectivity index (χ0) is 13.4. The molecular formula is C15H14FNS2. The molecule has 0 spiro atoms. The molecular weight excluding hydrogens is 277 g/mol. The summed E-state index contributed by atoms with van der Waals surface area (Å²) < 4.78 is 14.3. The smallest absolute Gasteiger partial charge is 0.124 e. The van der Waals surface area contributed by atoms with Gasteiger partial charge in [-0.05, 0) is 49.7 Å². The number of thiophene rings is 2. The number of benzene rings is 1. The lowest BCUT2D eigenvalue weighted by molar-refractivity contribution is 0.630. The van der Waals surface area contributed by atoms with Gasteiger partial charge in [-0.2, -0.15) is 0 Å². The van der Waals surface area contributed by atoms with Crippen molar-refractivity contribution < 1.29 is 4.39 Å². The van der Waals surface area contributed by atoms with Crippen molar-refractivity contribution in [1.29, 1.82) is 0 Å². The number of hydrogen-bond donors (Lipinski definition) is 1. The molecule has 0 saturated carbocycles. The van der Waals surface area contributed by atoms with Crippen molar-refractivity contribution in [3.8, 4) is 0 Å². The van der Waals surface area contributed by atoms with E-state index < -0.39 is 0 Å². The van der Waals surface area contributed by atoms with Crippen molar-refractivity contribution in [2.24, 2.45) is 0 Å². The van der Waals surface area contributed by atoms with Crippen molar-refractivity contribution >= 4 is 32.8 Å². The zero-order valence-corrected chi connectivity index (χ0v) is 12.4. The van der Waals surface area contributed by atoms with Crippen molar-refractivity contribution in [2.75, 3.05) is 7.05 Å². The molecule has 0 amide bonds. The van der Waals surface area contributed by atoms with E-state index in [9.17, 15) is 4.39 Å². The van der Waals surface area contributed by atoms with Crippen molar-refractivity contribution in [3.63, 3.8) is 0 Å². The molecule has 0 fully saturated rings. The molecule has 0 aliphatic carbocycles. The van der Waals surface area contributed by atoms with E-state index in [-0.39, 0.29) is 11.9 Å². The third-order valence-corrected chi connectivity index (χ3v) is 5.35. The Kier molecular flexibility index (Phi) is 3.39. The molecule has 0 saturated heterocycles. The van der Waals surface area contributed by atoms with Gasteiger partial charge >= 0.3 is 0 Å². The summed E-state index contributed by atoms with van der Waals surface area (Å²) in [5, 5.41) is 4.46. The summed E-state index contributed by atoms with van der Waals surface area (Å²) in [5.74, 6) is -0.172. The molecule has 0 radical (unpaired) electrons. The molecule has 1 N–H and O–H groups in total. The third-order valence-electron chi connectivity index (χ3n) is 3.12. The van der Waals surface area contributed by atoms with Crippen LogP contribution in [0.5, 0.6) is 0 Å². The molecule has 0 bridgehead atoms. The van der Waals surface area contributed by atoms with E-state index in [4.69, 9.17) is 0 Å². The number of rotatable bonds is 3. The molecule has 3 rings (SSSR count). The second-order valence-electron chi connectivity index (χ2n) is 4.50. The first kappa shape index (κ1) is 12.8. The van der Waals surface area contributed by atoms with E-state index in [1.165, 1.54) is 20.7 Å². The van der Waals surface area contributed by atoms with E-state index in [2.05, 4.69) is 30.4 Å². The fourth-order valence-corrected chi connectivity index (χ4v) is 4.50. The molecule has 19 heavy (non-hydrogen) atoms. The number of aryl methyl sites for hydroxylation is 1. The molecule has 2 aromatic heterocycles. The summed E-state index contributed by atoms with van der Waals surface area (Å²) in [5.41, 5.74) is 0. The first-order valence-corrected chi connectivity index (χ1v) is 7.73. The van der Waals surface area contributed by atoms with Gasteiger partial charge in [-0.3, -0.25) is 0 Å². The van der Waals surface area contributed by atoms with Crippen LogP contribution in [0.25, 0.3) is 10.1 Å². The topological polar surface area (TPSA) is 12.0 Å². The quantitative estimate of drug-likeness (QED) is 0.736. The Balaban J connectivity index is 2.06. The minimum absolute atomic E-state index is 0.172. The Morgan fingerprint density at radius 2 is 1.89 bits per heavy atom. The number of hydrogen-bond acceptors (Lipinski definition) is 3. The van der Waals surface area contributed by atoms with Gasteiger partial charge in [-0.15, -0.1) is 22.7 Å². The fourth-order valence-electron chi connectivity index (χ4n) is 2.20. The van der Waals surface area contributed by atoms with Crippen LogP contribution in [0.4, 0.5) is 4.39 Å². The second kappa shape index (κ2) is 5.04. The van der Waals surface area contributed by atoms with Gasteiger partial charge < -0.3 is 5.32 Å². The predicted octanol–water partition coefficient (Wildman–Crippen LogP) is 4.72. The minimum Gasteiger partial charge on any atom is -0.308 e. The first-order valence-electron chi connectivity index (χ1n) is 6.10. The Hall–Kier alpha value is -1.23. The molecule has 1 atom stereocenters. The van der Waals surface area contributed by atoms with Gasteiger partial charge in [0.25, 0.3) is 0 Å². The molecule has 0 aliphatic rings. The highest BCUT2D eigenvalue weighted by molar-refractivity contribution is 7.19. The highest BCUT2D eigenvalue weighted by Gasteiger charge is 2.16. The van der Waals surface area contributed by atoms with Crippen LogP contribution in [0.1, 0.15) is 20.7 Å². The summed E-state index contributed by atoms with van der Waals surface area (Å²) in [6.07, 6.45) is 0. The summed E-state index contributed by atoms with van der Waals surface area (Å²) in [7, 11) is 1.96. The maximum absolute atomic E-state index is 13.2. The van der Waals surface area contributed by atoms with Crippen LogP contribution < -0.4 is 5.32 Å². The Morgan fingerprint density at radius 3 is 2.58 bits per heavy atom. The van der Waals surface area contributed by atoms with Crippen LogP contribution >= 0.6 is 22.7 Å². The van der Waals surface area contributed by atoms with E-state index >= 15 is 0 Å². The van der Waals surface area contributed by atoms with Crippen molar-refractivity contribution in [1.82, 2.24) is 5.32 Å². The minimum atomic E-state index is -0.172. The highest BCUT2D eigenvalue weighted by Crippen LogP contribution is 2.35. The van der Waals surface area contributed by atoms with Crippen LogP contribution in [0.15, 0.2) is 36.4 Å². The summed E-state index contributed by atoms with van der Waals surface area (Å²) in [6.45, 7) is 2.11. The number of nitrogens with one attached hydrogen (secondary N) is 1. The second-order valence-corrected chi connectivity index (χ2v) is 6.94. The predicted molar refractivity (Wildman–Crippen MR) is 81.7 cm³/mol. The van der Waals surface area contributed by atoms with Crippen LogP contribution in [0.2, 0.25) is 0 Å². The Labute approximate surface area is 119 Å². The lowest BCUT2D eigenvalue weighted by Gasteiger charge is -2.11. The van der Waals surface area contributed by atoms with Gasteiger partial charge in [-0.25, -0.2) is 4.39 Å². The largest absolute Gasteiger partial charge is 0.308 e. The van der Waals surface area contributed by atoms with Gasteiger partial charge in [0.2, 0.25) is 0 Å². The summed E-state index contributed by atoms with van der Waals surface area (Å²) in [4.78, 5) is 3.83. The van der Waals surface area contributed by atoms with E-state index in [0.29, 0.717) is 0 Å². The average Bonchev–Trinajstić information content (AvgIpc) is 2.96. The van der Waals surface area contributed by atoms with E-state index in [1.807, 2.05) is 13.1 Å².